The minimum absolute atomic E-state index is 0.540. The molecule has 0 amide bonds. The smallest absolute Gasteiger partial charge is 0.227 e. The van der Waals surface area contributed by atoms with Crippen molar-refractivity contribution >= 4 is 66.2 Å². The normalized spacial score (nSPS) is 11.6. The van der Waals surface area contributed by atoms with E-state index in [1.165, 1.54) is 66.8 Å². The van der Waals surface area contributed by atoms with E-state index >= 15 is 0 Å². The molecular formula is C83H79N6O3+3. The molecule has 15 rings (SSSR count). The van der Waals surface area contributed by atoms with Gasteiger partial charge in [-0.25, -0.2) is 28.7 Å². The number of hydrogen-bond acceptors (Lipinski definition) is 6. The molecule has 0 aliphatic carbocycles. The second-order valence-electron chi connectivity index (χ2n) is 25.8. The molecule has 6 aromatic carbocycles. The van der Waals surface area contributed by atoms with E-state index in [9.17, 15) is 0 Å². The summed E-state index contributed by atoms with van der Waals surface area (Å²) in [5.41, 5.74) is 29.3. The summed E-state index contributed by atoms with van der Waals surface area (Å²) in [6, 6.07) is 65.0. The van der Waals surface area contributed by atoms with Crippen LogP contribution in [0.5, 0.6) is 0 Å². The molecule has 9 heteroatoms. The first-order valence-electron chi connectivity index (χ1n) is 32.0. The molecule has 0 radical (unpaired) electrons. The van der Waals surface area contributed by atoms with E-state index in [0.29, 0.717) is 29.0 Å². The van der Waals surface area contributed by atoms with Gasteiger partial charge in [-0.3, -0.25) is 0 Å². The van der Waals surface area contributed by atoms with E-state index in [2.05, 4.69) is 288 Å². The zero-order valence-corrected chi connectivity index (χ0v) is 55.3. The van der Waals surface area contributed by atoms with Crippen molar-refractivity contribution in [2.45, 2.75) is 88.5 Å². The summed E-state index contributed by atoms with van der Waals surface area (Å²) >= 11 is 0. The molecular weight excluding hydrogens is 1130 g/mol. The van der Waals surface area contributed by atoms with Gasteiger partial charge < -0.3 is 13.3 Å². The Hall–Kier alpha value is -10.4. The molecule has 0 aliphatic rings. The Bertz CT molecular complexity index is 5300. The van der Waals surface area contributed by atoms with E-state index < -0.39 is 0 Å². The number of hydrogen-bond donors (Lipinski definition) is 0. The van der Waals surface area contributed by atoms with Crippen molar-refractivity contribution < 1.29 is 27.0 Å². The summed E-state index contributed by atoms with van der Waals surface area (Å²) in [4.78, 5) is 13.8. The molecule has 9 nitrogen and oxygen atoms in total. The molecule has 9 aromatic heterocycles. The van der Waals surface area contributed by atoms with Crippen LogP contribution in [0.4, 0.5) is 0 Å². The van der Waals surface area contributed by atoms with Crippen LogP contribution in [-0.2, 0) is 27.6 Å². The van der Waals surface area contributed by atoms with E-state index in [-0.39, 0.29) is 0 Å². The van der Waals surface area contributed by atoms with Gasteiger partial charge >= 0.3 is 0 Å². The van der Waals surface area contributed by atoms with Crippen LogP contribution in [0, 0.1) is 54.4 Å². The minimum Gasteiger partial charge on any atom is -0.437 e. The number of furan rings is 3. The monoisotopic (exact) mass is 1210 g/mol. The Labute approximate surface area is 539 Å². The molecule has 0 atom stereocenters. The number of nitrogens with zero attached hydrogens (tertiary/aromatic N) is 6. The fourth-order valence-electron chi connectivity index (χ4n) is 12.9. The second-order valence-corrected chi connectivity index (χ2v) is 25.8. The SMILES string of the molecule is Cc1ccc(-c2ccc(-c3c(C)ccc4c3oc3nc(C)ccc34)[n+](C)c2)cc1.Cc1ccc2c(n1)oc1c(-c3ccc(-c4ccc(C(C)C)cc4)c[n+]3C)c(C)ccc12.Cc1ccc2c(n1)oc1c(-c3ccc(-c4ccc(CC(C)C)cc4)c[n+]3C)c(C)ccc12. The molecule has 0 saturated carbocycles. The van der Waals surface area contributed by atoms with Gasteiger partial charge in [0.2, 0.25) is 34.2 Å². The maximum atomic E-state index is 6.29. The average molecular weight is 1210 g/mol. The van der Waals surface area contributed by atoms with Crippen molar-refractivity contribution in [2.75, 3.05) is 0 Å². The molecule has 15 aromatic rings. The van der Waals surface area contributed by atoms with Gasteiger partial charge in [0.25, 0.3) is 0 Å². The topological polar surface area (TPSA) is 89.7 Å². The number of fused-ring (bicyclic) bond motifs is 9. The van der Waals surface area contributed by atoms with Gasteiger partial charge in [0.1, 0.15) is 21.1 Å². The highest BCUT2D eigenvalue weighted by Gasteiger charge is 2.25. The van der Waals surface area contributed by atoms with Gasteiger partial charge in [-0.2, -0.15) is 0 Å². The third-order valence-electron chi connectivity index (χ3n) is 18.0. The maximum absolute atomic E-state index is 6.29. The van der Waals surface area contributed by atoms with Crippen LogP contribution in [0.15, 0.2) is 214 Å². The summed E-state index contributed by atoms with van der Waals surface area (Å²) < 4.78 is 25.4. The van der Waals surface area contributed by atoms with Crippen molar-refractivity contribution in [3.63, 3.8) is 0 Å². The fourth-order valence-corrected chi connectivity index (χ4v) is 12.9. The molecule has 0 unspecified atom stereocenters. The molecule has 0 saturated heterocycles. The molecule has 0 aliphatic heterocycles. The Balaban J connectivity index is 0.000000126. The highest BCUT2D eigenvalue weighted by atomic mass is 16.3. The zero-order valence-electron chi connectivity index (χ0n) is 55.3. The van der Waals surface area contributed by atoms with E-state index in [0.717, 1.165) is 106 Å². The number of pyridine rings is 6. The molecule has 0 bridgehead atoms. The first-order valence-corrected chi connectivity index (χ1v) is 32.0. The summed E-state index contributed by atoms with van der Waals surface area (Å²) in [6.45, 7) is 23.5. The van der Waals surface area contributed by atoms with Crippen molar-refractivity contribution in [2.24, 2.45) is 27.1 Å². The molecule has 0 fully saturated rings. The first-order chi connectivity index (χ1) is 44.3. The van der Waals surface area contributed by atoms with Gasteiger partial charge in [-0.1, -0.05) is 142 Å². The molecule has 456 valence electrons. The van der Waals surface area contributed by atoms with Crippen molar-refractivity contribution in [1.29, 1.82) is 0 Å². The van der Waals surface area contributed by atoms with Crippen molar-refractivity contribution in [1.82, 2.24) is 15.0 Å². The summed E-state index contributed by atoms with van der Waals surface area (Å²) in [7, 11) is 6.30. The van der Waals surface area contributed by atoms with Gasteiger partial charge in [0.15, 0.2) is 35.3 Å². The minimum atomic E-state index is 0.540. The zero-order chi connectivity index (χ0) is 64.2. The predicted molar refractivity (Wildman–Crippen MR) is 376 cm³/mol. The largest absolute Gasteiger partial charge is 0.437 e. The molecule has 0 N–H and O–H groups in total. The van der Waals surface area contributed by atoms with Crippen molar-refractivity contribution in [3.05, 3.63) is 251 Å². The quantitative estimate of drug-likeness (QED) is 0.134. The van der Waals surface area contributed by atoms with Gasteiger partial charge in [-0.05, 0) is 166 Å². The van der Waals surface area contributed by atoms with Crippen LogP contribution < -0.4 is 13.7 Å². The van der Waals surface area contributed by atoms with E-state index in [4.69, 9.17) is 13.3 Å². The lowest BCUT2D eigenvalue weighted by atomic mass is 9.98. The summed E-state index contributed by atoms with van der Waals surface area (Å²) in [6.07, 6.45) is 7.70. The van der Waals surface area contributed by atoms with E-state index in [1.807, 2.05) is 39.0 Å². The lowest BCUT2D eigenvalue weighted by molar-refractivity contribution is -0.660. The van der Waals surface area contributed by atoms with Crippen LogP contribution in [0.1, 0.15) is 84.1 Å². The highest BCUT2D eigenvalue weighted by Crippen LogP contribution is 2.40. The fraction of sp³-hybridized carbons (Fsp3) is 0.205. The number of benzene rings is 6. The summed E-state index contributed by atoms with van der Waals surface area (Å²) in [5.74, 6) is 1.21. The Morgan fingerprint density at radius 3 is 0.946 bits per heavy atom. The summed E-state index contributed by atoms with van der Waals surface area (Å²) in [5, 5.41) is 6.51. The van der Waals surface area contributed by atoms with Crippen molar-refractivity contribution in [3.8, 4) is 67.2 Å². The lowest BCUT2D eigenvalue weighted by Crippen LogP contribution is -2.31. The molecule has 0 spiro atoms. The van der Waals surface area contributed by atoms with Gasteiger partial charge in [0.05, 0.1) is 16.7 Å². The van der Waals surface area contributed by atoms with Crippen LogP contribution in [0.3, 0.4) is 0 Å². The van der Waals surface area contributed by atoms with Gasteiger partial charge in [0, 0.05) is 84.3 Å². The van der Waals surface area contributed by atoms with Crippen LogP contribution in [0.2, 0.25) is 0 Å². The third-order valence-corrected chi connectivity index (χ3v) is 18.0. The molecule has 9 heterocycles. The first kappa shape index (κ1) is 60.5. The predicted octanol–water partition coefficient (Wildman–Crippen LogP) is 19.9. The average Bonchev–Trinajstić information content (AvgIpc) is 1.60. The number of rotatable bonds is 9. The van der Waals surface area contributed by atoms with Crippen LogP contribution in [0.25, 0.3) is 133 Å². The maximum Gasteiger partial charge on any atom is 0.227 e. The standard InChI is InChI=1S/C29H29N2O.C28H27N2O.C26H23N2O/c1-18(2)16-21-8-10-22(11-9-21)23-12-15-26(31(5)17-23)27-19(3)6-13-24-25-14-7-20(4)30-29(25)32-28(24)27;1-17(2)20-8-10-21(11-9-20)22-12-15-25(30(5)16-22)26-18(3)6-13-23-24-14-7-19(4)29-28(24)31-27(23)26;1-16-5-9-19(10-6-16)20-11-14-23(28(4)15-20)24-17(2)7-12-21-22-13-8-18(3)27-26(22)29-25(21)24/h6-15,17-18H,16H2,1-5H3;6-17H,1-5H3;5-15H,1-4H3/q3*+1. The second kappa shape index (κ2) is 24.8. The lowest BCUT2D eigenvalue weighted by Gasteiger charge is -2.09. The van der Waals surface area contributed by atoms with Crippen LogP contribution in [-0.4, -0.2) is 15.0 Å². The number of aryl methyl sites for hydroxylation is 10. The van der Waals surface area contributed by atoms with Gasteiger partial charge in [-0.15, -0.1) is 0 Å². The molecule has 92 heavy (non-hydrogen) atoms. The third kappa shape index (κ3) is 11.8. The Kier molecular flexibility index (Phi) is 16.3. The number of aromatic nitrogens is 6. The Morgan fingerprint density at radius 2 is 0.630 bits per heavy atom. The highest BCUT2D eigenvalue weighted by molar-refractivity contribution is 6.11. The Morgan fingerprint density at radius 1 is 0.326 bits per heavy atom. The van der Waals surface area contributed by atoms with Crippen LogP contribution >= 0.6 is 0 Å². The van der Waals surface area contributed by atoms with E-state index in [1.54, 1.807) is 0 Å².